The smallest absolute Gasteiger partial charge is 0.325 e. The average molecular weight is 433 g/mol. The Morgan fingerprint density at radius 2 is 1.82 bits per heavy atom. The van der Waals surface area contributed by atoms with Crippen LogP contribution in [0.1, 0.15) is 5.69 Å². The Morgan fingerprint density at radius 1 is 1.07 bits per heavy atom. The summed E-state index contributed by atoms with van der Waals surface area (Å²) in [6.07, 6.45) is 2.10. The maximum absolute atomic E-state index is 12.2. The van der Waals surface area contributed by atoms with Gasteiger partial charge in [-0.15, -0.1) is 23.1 Å². The van der Waals surface area contributed by atoms with Crippen molar-refractivity contribution in [2.24, 2.45) is 0 Å². The van der Waals surface area contributed by atoms with Crippen LogP contribution in [0.4, 0.5) is 21.3 Å². The van der Waals surface area contributed by atoms with Crippen LogP contribution in [0.3, 0.4) is 0 Å². The van der Waals surface area contributed by atoms with E-state index in [4.69, 9.17) is 11.6 Å². The predicted molar refractivity (Wildman–Crippen MR) is 117 cm³/mol. The van der Waals surface area contributed by atoms with Gasteiger partial charge in [0.15, 0.2) is 5.13 Å². The first-order valence-corrected chi connectivity index (χ1v) is 10.7. The highest BCUT2D eigenvalue weighted by molar-refractivity contribution is 7.98. The first kappa shape index (κ1) is 20.2. The summed E-state index contributed by atoms with van der Waals surface area (Å²) >= 11 is 8.76. The lowest BCUT2D eigenvalue weighted by Crippen LogP contribution is -2.19. The molecule has 6 nitrogen and oxygen atoms in total. The summed E-state index contributed by atoms with van der Waals surface area (Å²) in [5, 5.41) is 10.9. The van der Waals surface area contributed by atoms with E-state index in [1.807, 2.05) is 30.5 Å². The third-order valence-corrected chi connectivity index (χ3v) is 5.32. The van der Waals surface area contributed by atoms with Crippen LogP contribution in [0.2, 0.25) is 5.02 Å². The van der Waals surface area contributed by atoms with Gasteiger partial charge in [0.05, 0.1) is 12.1 Å². The minimum absolute atomic E-state index is 0.123. The van der Waals surface area contributed by atoms with Crippen LogP contribution in [-0.2, 0) is 11.2 Å². The number of nitrogens with zero attached hydrogens (tertiary/aromatic N) is 1. The molecule has 0 saturated heterocycles. The maximum Gasteiger partial charge on any atom is 0.325 e. The normalized spacial score (nSPS) is 10.4. The molecule has 0 unspecified atom stereocenters. The number of anilines is 3. The fourth-order valence-corrected chi connectivity index (χ4v) is 3.70. The number of hydrogen-bond acceptors (Lipinski definition) is 5. The van der Waals surface area contributed by atoms with Gasteiger partial charge in [0, 0.05) is 26.7 Å². The Labute approximate surface area is 175 Å². The molecule has 0 radical (unpaired) electrons. The van der Waals surface area contributed by atoms with E-state index >= 15 is 0 Å². The number of thiazole rings is 1. The molecule has 0 spiro atoms. The number of thioether (sulfide) groups is 1. The molecule has 3 amide bonds. The lowest BCUT2D eigenvalue weighted by atomic mass is 10.3. The molecule has 0 aliphatic rings. The van der Waals surface area contributed by atoms with Crippen molar-refractivity contribution >= 4 is 63.1 Å². The lowest BCUT2D eigenvalue weighted by Gasteiger charge is -2.06. The minimum atomic E-state index is -0.429. The molecule has 28 heavy (non-hydrogen) atoms. The highest BCUT2D eigenvalue weighted by Crippen LogP contribution is 2.20. The number of aromatic nitrogens is 1. The van der Waals surface area contributed by atoms with Crippen molar-refractivity contribution in [3.05, 3.63) is 64.6 Å². The van der Waals surface area contributed by atoms with Gasteiger partial charge in [-0.3, -0.25) is 10.1 Å². The van der Waals surface area contributed by atoms with Crippen molar-refractivity contribution in [3.63, 3.8) is 0 Å². The molecule has 0 fully saturated rings. The second-order valence-electron chi connectivity index (χ2n) is 5.69. The van der Waals surface area contributed by atoms with E-state index in [1.165, 1.54) is 11.3 Å². The molecule has 0 aliphatic heterocycles. The molecule has 144 valence electrons. The molecular formula is C19H17ClN4O2S2. The average Bonchev–Trinajstić information content (AvgIpc) is 3.08. The molecule has 0 saturated carbocycles. The van der Waals surface area contributed by atoms with Crippen molar-refractivity contribution in [3.8, 4) is 0 Å². The molecule has 0 bridgehead atoms. The topological polar surface area (TPSA) is 83.1 Å². The van der Waals surface area contributed by atoms with Crippen LogP contribution in [-0.4, -0.2) is 23.2 Å². The standard InChI is InChI=1S/C19H17ClN4O2S2/c1-27-16-7-3-6-14(9-16)21-17(25)10-15-11-28-19(23-15)24-18(26)22-13-5-2-4-12(20)8-13/h2-9,11H,10H2,1H3,(H,21,25)(H2,22,23,24,26). The predicted octanol–water partition coefficient (Wildman–Crippen LogP) is 5.34. The number of carbonyl (C=O) groups excluding carboxylic acids is 2. The number of urea groups is 1. The van der Waals surface area contributed by atoms with Gasteiger partial charge in [-0.25, -0.2) is 9.78 Å². The van der Waals surface area contributed by atoms with Crippen molar-refractivity contribution in [2.45, 2.75) is 11.3 Å². The van der Waals surface area contributed by atoms with Gasteiger partial charge in [0.2, 0.25) is 5.91 Å². The van der Waals surface area contributed by atoms with E-state index in [-0.39, 0.29) is 12.3 Å². The van der Waals surface area contributed by atoms with Gasteiger partial charge in [0.1, 0.15) is 0 Å². The number of amides is 3. The molecule has 0 atom stereocenters. The lowest BCUT2D eigenvalue weighted by molar-refractivity contribution is -0.115. The second kappa shape index (κ2) is 9.59. The number of hydrogen-bond donors (Lipinski definition) is 3. The fourth-order valence-electron chi connectivity index (χ4n) is 2.34. The second-order valence-corrected chi connectivity index (χ2v) is 7.86. The van der Waals surface area contributed by atoms with Crippen molar-refractivity contribution in [1.29, 1.82) is 0 Å². The highest BCUT2D eigenvalue weighted by Gasteiger charge is 2.11. The first-order chi connectivity index (χ1) is 13.5. The van der Waals surface area contributed by atoms with Crippen LogP contribution in [0.25, 0.3) is 0 Å². The number of halogens is 1. The van der Waals surface area contributed by atoms with E-state index in [0.29, 0.717) is 21.5 Å². The fraction of sp³-hybridized carbons (Fsp3) is 0.105. The van der Waals surface area contributed by atoms with Crippen LogP contribution < -0.4 is 16.0 Å². The van der Waals surface area contributed by atoms with Gasteiger partial charge in [0.25, 0.3) is 0 Å². The molecule has 0 aliphatic carbocycles. The Hall–Kier alpha value is -2.55. The Morgan fingerprint density at radius 3 is 2.57 bits per heavy atom. The van der Waals surface area contributed by atoms with Crippen LogP contribution in [0.15, 0.2) is 58.8 Å². The molecule has 3 aromatic rings. The summed E-state index contributed by atoms with van der Waals surface area (Å²) in [6.45, 7) is 0. The van der Waals surface area contributed by atoms with Gasteiger partial charge in [-0.1, -0.05) is 23.7 Å². The van der Waals surface area contributed by atoms with Crippen molar-refractivity contribution in [2.75, 3.05) is 22.2 Å². The summed E-state index contributed by atoms with van der Waals surface area (Å²) < 4.78 is 0. The van der Waals surface area contributed by atoms with Gasteiger partial charge in [-0.2, -0.15) is 0 Å². The van der Waals surface area contributed by atoms with Gasteiger partial charge in [-0.05, 0) is 42.7 Å². The van der Waals surface area contributed by atoms with Crippen LogP contribution in [0.5, 0.6) is 0 Å². The Balaban J connectivity index is 1.53. The number of benzene rings is 2. The van der Waals surface area contributed by atoms with E-state index in [0.717, 1.165) is 10.6 Å². The largest absolute Gasteiger partial charge is 0.326 e. The highest BCUT2D eigenvalue weighted by atomic mass is 35.5. The molecule has 1 heterocycles. The number of nitrogens with one attached hydrogen (secondary N) is 3. The monoisotopic (exact) mass is 432 g/mol. The zero-order valence-corrected chi connectivity index (χ0v) is 17.3. The van der Waals surface area contributed by atoms with E-state index < -0.39 is 6.03 Å². The van der Waals surface area contributed by atoms with E-state index in [1.54, 1.807) is 41.4 Å². The molecular weight excluding hydrogens is 416 g/mol. The molecule has 2 aromatic carbocycles. The quantitative estimate of drug-likeness (QED) is 0.459. The van der Waals surface area contributed by atoms with Crippen LogP contribution >= 0.6 is 34.7 Å². The third kappa shape index (κ3) is 5.98. The van der Waals surface area contributed by atoms with Gasteiger partial charge >= 0.3 is 6.03 Å². The minimum Gasteiger partial charge on any atom is -0.326 e. The summed E-state index contributed by atoms with van der Waals surface area (Å²) in [7, 11) is 0. The zero-order valence-electron chi connectivity index (χ0n) is 14.9. The third-order valence-electron chi connectivity index (χ3n) is 3.55. The van der Waals surface area contributed by atoms with Crippen molar-refractivity contribution < 1.29 is 9.59 Å². The summed E-state index contributed by atoms with van der Waals surface area (Å²) in [5.74, 6) is -0.168. The SMILES string of the molecule is CSc1cccc(NC(=O)Cc2csc(NC(=O)Nc3cccc(Cl)c3)n2)c1. The summed E-state index contributed by atoms with van der Waals surface area (Å²) in [6, 6.07) is 14.0. The molecule has 3 rings (SSSR count). The maximum atomic E-state index is 12.2. The molecule has 1 aromatic heterocycles. The van der Waals surface area contributed by atoms with Gasteiger partial charge < -0.3 is 10.6 Å². The number of rotatable bonds is 6. The zero-order chi connectivity index (χ0) is 19.9. The molecule has 9 heteroatoms. The van der Waals surface area contributed by atoms with E-state index in [2.05, 4.69) is 20.9 Å². The number of carbonyl (C=O) groups is 2. The first-order valence-electron chi connectivity index (χ1n) is 8.24. The van der Waals surface area contributed by atoms with E-state index in [9.17, 15) is 9.59 Å². The molecule has 3 N–H and O–H groups in total. The summed E-state index contributed by atoms with van der Waals surface area (Å²) in [4.78, 5) is 29.6. The van der Waals surface area contributed by atoms with Crippen LogP contribution in [0, 0.1) is 0 Å². The Kier molecular flexibility index (Phi) is 6.91. The Bertz CT molecular complexity index is 993. The summed E-state index contributed by atoms with van der Waals surface area (Å²) in [5.41, 5.74) is 1.90. The van der Waals surface area contributed by atoms with Crippen molar-refractivity contribution in [1.82, 2.24) is 4.98 Å².